The van der Waals surface area contributed by atoms with Gasteiger partial charge in [0.05, 0.1) is 11.8 Å². The average Bonchev–Trinajstić information content (AvgIpc) is 3.06. The summed E-state index contributed by atoms with van der Waals surface area (Å²) < 4.78 is 0. The van der Waals surface area contributed by atoms with Crippen LogP contribution in [0, 0.1) is 29.6 Å². The Morgan fingerprint density at radius 2 is 1.70 bits per heavy atom. The van der Waals surface area contributed by atoms with E-state index >= 15 is 0 Å². The first-order chi connectivity index (χ1) is 9.66. The van der Waals surface area contributed by atoms with Gasteiger partial charge < -0.3 is 10.4 Å². The monoisotopic (exact) mass is 277 g/mol. The van der Waals surface area contributed by atoms with Crippen LogP contribution in [0.4, 0.5) is 0 Å². The molecule has 4 nitrogen and oxygen atoms in total. The maximum atomic E-state index is 12.4. The molecule has 0 radical (unpaired) electrons. The number of hydrogen-bond acceptors (Lipinski definition) is 2. The molecule has 3 aliphatic rings. The van der Waals surface area contributed by atoms with Crippen molar-refractivity contribution in [2.75, 3.05) is 6.54 Å². The molecule has 3 aliphatic carbocycles. The van der Waals surface area contributed by atoms with E-state index < -0.39 is 11.9 Å². The molecule has 2 N–H and O–H groups in total. The van der Waals surface area contributed by atoms with Crippen molar-refractivity contribution in [1.82, 2.24) is 5.32 Å². The molecular weight excluding hydrogens is 254 g/mol. The normalized spacial score (nSPS) is 36.2. The minimum Gasteiger partial charge on any atom is -0.481 e. The van der Waals surface area contributed by atoms with Crippen molar-refractivity contribution in [3.8, 4) is 0 Å². The van der Waals surface area contributed by atoms with Crippen LogP contribution in [-0.4, -0.2) is 23.5 Å². The molecule has 110 valence electrons. The zero-order valence-electron chi connectivity index (χ0n) is 11.8. The zero-order valence-corrected chi connectivity index (χ0v) is 11.8. The lowest BCUT2D eigenvalue weighted by molar-refractivity contribution is -0.147. The highest BCUT2D eigenvalue weighted by molar-refractivity contribution is 5.86. The standard InChI is InChI=1S/C16H23NO3/c18-15(17-9-10-4-2-1-3-5-10)13-11-6-7-12(8-11)14(13)16(19)20/h6-7,10-14H,1-5,8-9H2,(H,17,18)(H,19,20)/t11-,12-,13-,14+/m0/s1. The third-order valence-corrected chi connectivity index (χ3v) is 5.34. The van der Waals surface area contributed by atoms with Crippen molar-refractivity contribution >= 4 is 11.9 Å². The van der Waals surface area contributed by atoms with Crippen LogP contribution in [0.25, 0.3) is 0 Å². The van der Waals surface area contributed by atoms with Gasteiger partial charge in [-0.05, 0) is 37.0 Å². The fourth-order valence-corrected chi connectivity index (χ4v) is 4.27. The second kappa shape index (κ2) is 5.58. The van der Waals surface area contributed by atoms with Gasteiger partial charge in [-0.1, -0.05) is 31.4 Å². The molecule has 2 fully saturated rings. The van der Waals surface area contributed by atoms with Crippen LogP contribution in [0.15, 0.2) is 12.2 Å². The molecule has 0 aliphatic heterocycles. The number of carboxylic acids is 1. The van der Waals surface area contributed by atoms with E-state index in [4.69, 9.17) is 0 Å². The van der Waals surface area contributed by atoms with Crippen molar-refractivity contribution in [2.45, 2.75) is 38.5 Å². The molecule has 4 atom stereocenters. The summed E-state index contributed by atoms with van der Waals surface area (Å²) in [5.41, 5.74) is 0. The number of fused-ring (bicyclic) bond motifs is 2. The number of nitrogens with one attached hydrogen (secondary N) is 1. The molecule has 0 saturated heterocycles. The van der Waals surface area contributed by atoms with Crippen LogP contribution in [0.3, 0.4) is 0 Å². The Morgan fingerprint density at radius 1 is 1.05 bits per heavy atom. The van der Waals surface area contributed by atoms with Gasteiger partial charge in [0.15, 0.2) is 0 Å². The Labute approximate surface area is 119 Å². The van der Waals surface area contributed by atoms with Crippen LogP contribution in [0.1, 0.15) is 38.5 Å². The number of carbonyl (C=O) groups excluding carboxylic acids is 1. The van der Waals surface area contributed by atoms with Crippen LogP contribution < -0.4 is 5.32 Å². The van der Waals surface area contributed by atoms with E-state index in [-0.39, 0.29) is 23.7 Å². The van der Waals surface area contributed by atoms with Crippen LogP contribution in [0.5, 0.6) is 0 Å². The second-order valence-electron chi connectivity index (χ2n) is 6.59. The number of aliphatic carboxylic acids is 1. The Bertz CT molecular complexity index is 425. The van der Waals surface area contributed by atoms with E-state index in [2.05, 4.69) is 5.32 Å². The Balaban J connectivity index is 1.58. The summed E-state index contributed by atoms with van der Waals surface area (Å²) in [4.78, 5) is 23.8. The molecule has 4 heteroatoms. The molecule has 2 saturated carbocycles. The number of carbonyl (C=O) groups is 2. The predicted molar refractivity (Wildman–Crippen MR) is 74.9 cm³/mol. The fourth-order valence-electron chi connectivity index (χ4n) is 4.27. The number of amides is 1. The summed E-state index contributed by atoms with van der Waals surface area (Å²) in [5, 5.41) is 12.4. The average molecular weight is 277 g/mol. The minimum absolute atomic E-state index is 0.0418. The van der Waals surface area contributed by atoms with E-state index in [0.29, 0.717) is 5.92 Å². The lowest BCUT2D eigenvalue weighted by Crippen LogP contribution is -2.42. The molecule has 0 aromatic heterocycles. The first-order valence-electron chi connectivity index (χ1n) is 7.85. The van der Waals surface area contributed by atoms with Crippen molar-refractivity contribution in [2.24, 2.45) is 29.6 Å². The van der Waals surface area contributed by atoms with Gasteiger partial charge in [0.2, 0.25) is 5.91 Å². The molecule has 2 bridgehead atoms. The van der Waals surface area contributed by atoms with Crippen LogP contribution in [-0.2, 0) is 9.59 Å². The highest BCUT2D eigenvalue weighted by Crippen LogP contribution is 2.48. The predicted octanol–water partition coefficient (Wildman–Crippen LogP) is 2.21. The van der Waals surface area contributed by atoms with Crippen molar-refractivity contribution in [3.63, 3.8) is 0 Å². The van der Waals surface area contributed by atoms with E-state index in [1.165, 1.54) is 32.1 Å². The summed E-state index contributed by atoms with van der Waals surface area (Å²) in [5.74, 6) is -0.956. The van der Waals surface area contributed by atoms with Gasteiger partial charge in [-0.2, -0.15) is 0 Å². The third-order valence-electron chi connectivity index (χ3n) is 5.34. The van der Waals surface area contributed by atoms with Gasteiger partial charge in [0.1, 0.15) is 0 Å². The number of carboxylic acid groups (broad SMARTS) is 1. The summed E-state index contributed by atoms with van der Waals surface area (Å²) in [6.45, 7) is 0.725. The quantitative estimate of drug-likeness (QED) is 0.774. The van der Waals surface area contributed by atoms with Gasteiger partial charge in [0, 0.05) is 6.54 Å². The molecule has 20 heavy (non-hydrogen) atoms. The van der Waals surface area contributed by atoms with Gasteiger partial charge >= 0.3 is 5.97 Å². The maximum Gasteiger partial charge on any atom is 0.307 e. The zero-order chi connectivity index (χ0) is 14.1. The molecule has 0 aromatic carbocycles. The topological polar surface area (TPSA) is 66.4 Å². The Morgan fingerprint density at radius 3 is 2.35 bits per heavy atom. The van der Waals surface area contributed by atoms with Gasteiger partial charge in [0.25, 0.3) is 0 Å². The van der Waals surface area contributed by atoms with E-state index in [1.807, 2.05) is 12.2 Å². The molecule has 0 unspecified atom stereocenters. The van der Waals surface area contributed by atoms with Gasteiger partial charge in [-0.3, -0.25) is 9.59 Å². The molecular formula is C16H23NO3. The molecule has 0 spiro atoms. The summed E-state index contributed by atoms with van der Waals surface area (Å²) in [6, 6.07) is 0. The van der Waals surface area contributed by atoms with Crippen molar-refractivity contribution < 1.29 is 14.7 Å². The first-order valence-corrected chi connectivity index (χ1v) is 7.85. The Kier molecular flexibility index (Phi) is 3.81. The number of hydrogen-bond donors (Lipinski definition) is 2. The number of allylic oxidation sites excluding steroid dienone is 2. The summed E-state index contributed by atoms with van der Waals surface area (Å²) in [6.07, 6.45) is 11.1. The van der Waals surface area contributed by atoms with Gasteiger partial charge in [-0.25, -0.2) is 0 Å². The van der Waals surface area contributed by atoms with Crippen molar-refractivity contribution in [1.29, 1.82) is 0 Å². The van der Waals surface area contributed by atoms with Crippen LogP contribution in [0.2, 0.25) is 0 Å². The smallest absolute Gasteiger partial charge is 0.307 e. The van der Waals surface area contributed by atoms with Gasteiger partial charge in [-0.15, -0.1) is 0 Å². The minimum atomic E-state index is -0.820. The lowest BCUT2D eigenvalue weighted by Gasteiger charge is -2.26. The summed E-state index contributed by atoms with van der Waals surface area (Å²) in [7, 11) is 0. The number of rotatable bonds is 4. The fraction of sp³-hybridized carbons (Fsp3) is 0.750. The molecule has 0 heterocycles. The Hall–Kier alpha value is -1.32. The van der Waals surface area contributed by atoms with Crippen LogP contribution >= 0.6 is 0 Å². The molecule has 1 amide bonds. The first kappa shape index (κ1) is 13.7. The molecule has 3 rings (SSSR count). The summed E-state index contributed by atoms with van der Waals surface area (Å²) >= 11 is 0. The van der Waals surface area contributed by atoms with E-state index in [0.717, 1.165) is 13.0 Å². The third kappa shape index (κ3) is 2.48. The highest BCUT2D eigenvalue weighted by Gasteiger charge is 2.51. The molecule has 0 aromatic rings. The maximum absolute atomic E-state index is 12.4. The van der Waals surface area contributed by atoms with E-state index in [9.17, 15) is 14.7 Å². The lowest BCUT2D eigenvalue weighted by atomic mass is 9.82. The highest BCUT2D eigenvalue weighted by atomic mass is 16.4. The second-order valence-corrected chi connectivity index (χ2v) is 6.59. The largest absolute Gasteiger partial charge is 0.481 e. The van der Waals surface area contributed by atoms with E-state index in [1.54, 1.807) is 0 Å². The van der Waals surface area contributed by atoms with Crippen molar-refractivity contribution in [3.05, 3.63) is 12.2 Å². The SMILES string of the molecule is O=C(NCC1CCCCC1)[C@@H]1[C@H](C(=O)O)[C@H]2C=C[C@H]1C2.